The number of thiophene rings is 1. The Morgan fingerprint density at radius 3 is 2.65 bits per heavy atom. The smallest absolute Gasteiger partial charge is 0.329 e. The lowest BCUT2D eigenvalue weighted by molar-refractivity contribution is 0.376. The van der Waals surface area contributed by atoms with Gasteiger partial charge < -0.3 is 11.5 Å². The lowest BCUT2D eigenvalue weighted by Gasteiger charge is -2.26. The van der Waals surface area contributed by atoms with Crippen LogP contribution in [-0.2, 0) is 0 Å². The van der Waals surface area contributed by atoms with Gasteiger partial charge in [0.2, 0.25) is 0 Å². The van der Waals surface area contributed by atoms with Crippen LogP contribution < -0.4 is 33.3 Å². The summed E-state index contributed by atoms with van der Waals surface area (Å²) in [7, 11) is 0. The second kappa shape index (κ2) is 5.92. The van der Waals surface area contributed by atoms with E-state index in [2.05, 4.69) is 4.98 Å². The number of alkyl halides is 1. The highest BCUT2D eigenvalue weighted by Crippen LogP contribution is 2.38. The van der Waals surface area contributed by atoms with Crippen molar-refractivity contribution in [3.8, 4) is 0 Å². The lowest BCUT2D eigenvalue weighted by atomic mass is 9.84. The Morgan fingerprint density at radius 1 is 1.38 bits per heavy atom. The van der Waals surface area contributed by atoms with E-state index < -0.39 is 23.3 Å². The third-order valence-electron chi connectivity index (χ3n) is 5.22. The van der Waals surface area contributed by atoms with Gasteiger partial charge in [-0.1, -0.05) is 0 Å². The molecule has 26 heavy (non-hydrogen) atoms. The molecule has 6 nitrogen and oxygen atoms in total. The zero-order valence-corrected chi connectivity index (χ0v) is 15.4. The predicted octanol–water partition coefficient (Wildman–Crippen LogP) is 0.326. The average Bonchev–Trinajstić information content (AvgIpc) is 3.28. The highest BCUT2D eigenvalue weighted by Gasteiger charge is 2.36. The summed E-state index contributed by atoms with van der Waals surface area (Å²) in [6.45, 7) is 3.66. The maximum atomic E-state index is 15.2. The Bertz CT molecular complexity index is 1120. The van der Waals surface area contributed by atoms with Crippen LogP contribution in [0.4, 0.5) is 4.39 Å². The maximum absolute atomic E-state index is 15.2. The van der Waals surface area contributed by atoms with Crippen molar-refractivity contribution in [1.82, 2.24) is 9.55 Å². The zero-order valence-electron chi connectivity index (χ0n) is 14.6. The molecule has 0 aromatic carbocycles. The molecule has 0 saturated heterocycles. The van der Waals surface area contributed by atoms with Gasteiger partial charge in [-0.3, -0.25) is 14.3 Å². The molecule has 2 aliphatic rings. The fraction of sp³-hybridized carbons (Fsp3) is 0.444. The molecule has 0 radical (unpaired) electrons. The summed E-state index contributed by atoms with van der Waals surface area (Å²) < 4.78 is 16.8. The van der Waals surface area contributed by atoms with Gasteiger partial charge in [-0.15, -0.1) is 11.3 Å². The van der Waals surface area contributed by atoms with E-state index in [0.717, 1.165) is 23.3 Å². The number of aromatic amines is 1. The van der Waals surface area contributed by atoms with Crippen LogP contribution in [0.5, 0.6) is 0 Å². The van der Waals surface area contributed by atoms with Gasteiger partial charge in [-0.05, 0) is 49.3 Å². The molecule has 0 amide bonds. The molecule has 3 unspecified atom stereocenters. The van der Waals surface area contributed by atoms with Crippen LogP contribution in [0, 0.1) is 0 Å². The molecule has 0 spiro atoms. The van der Waals surface area contributed by atoms with Crippen LogP contribution >= 0.6 is 11.3 Å². The molecule has 2 heterocycles. The molecule has 2 aromatic heterocycles. The highest BCUT2D eigenvalue weighted by atomic mass is 32.1. The van der Waals surface area contributed by atoms with Crippen molar-refractivity contribution in [3.05, 3.63) is 53.3 Å². The van der Waals surface area contributed by atoms with Crippen LogP contribution in [0.15, 0.2) is 21.0 Å². The van der Waals surface area contributed by atoms with E-state index in [-0.39, 0.29) is 23.0 Å². The van der Waals surface area contributed by atoms with E-state index in [1.54, 1.807) is 11.5 Å². The third kappa shape index (κ3) is 2.47. The molecule has 2 aromatic rings. The first-order chi connectivity index (χ1) is 12.3. The van der Waals surface area contributed by atoms with E-state index in [1.807, 2.05) is 18.4 Å². The van der Waals surface area contributed by atoms with E-state index in [4.69, 9.17) is 11.5 Å². The molecule has 4 rings (SSSR count). The van der Waals surface area contributed by atoms with Crippen LogP contribution in [0.3, 0.4) is 0 Å². The van der Waals surface area contributed by atoms with Crippen molar-refractivity contribution in [2.75, 3.05) is 0 Å². The third-order valence-corrected chi connectivity index (χ3v) is 6.37. The van der Waals surface area contributed by atoms with Gasteiger partial charge in [0, 0.05) is 22.9 Å². The quantitative estimate of drug-likeness (QED) is 0.717. The first-order valence-electron chi connectivity index (χ1n) is 8.64. The van der Waals surface area contributed by atoms with Gasteiger partial charge >= 0.3 is 5.69 Å². The minimum Gasteiger partial charge on any atom is -0.399 e. The van der Waals surface area contributed by atoms with Crippen LogP contribution in [0.25, 0.3) is 11.3 Å². The zero-order chi connectivity index (χ0) is 18.7. The average molecular weight is 376 g/mol. The topological polar surface area (TPSA) is 107 Å². The summed E-state index contributed by atoms with van der Waals surface area (Å²) in [6.07, 6.45) is 0.204. The number of nitrogens with zero attached hydrogens (tertiary/aromatic N) is 1. The summed E-state index contributed by atoms with van der Waals surface area (Å²) in [4.78, 5) is 28.0. The van der Waals surface area contributed by atoms with Gasteiger partial charge in [0.1, 0.15) is 0 Å². The van der Waals surface area contributed by atoms with E-state index in [0.29, 0.717) is 10.9 Å². The van der Waals surface area contributed by atoms with Gasteiger partial charge in [-0.25, -0.2) is 9.18 Å². The molecule has 0 aliphatic heterocycles. The number of H-pyrrole nitrogens is 1. The van der Waals surface area contributed by atoms with E-state index in [9.17, 15) is 9.59 Å². The Labute approximate surface area is 152 Å². The second-order valence-electron chi connectivity index (χ2n) is 7.17. The number of fused-ring (bicyclic) bond motifs is 1. The SMILES string of the molecule is CC1=c2c(c(=O)[nH]c(=O)n2C2CC2)=C(N)C(F)C1c1csc(C(C)N)c1. The largest absolute Gasteiger partial charge is 0.399 e. The number of nitrogens with two attached hydrogens (primary N) is 2. The van der Waals surface area contributed by atoms with Gasteiger partial charge in [0.25, 0.3) is 5.56 Å². The van der Waals surface area contributed by atoms with Gasteiger partial charge in [0.05, 0.1) is 16.3 Å². The number of aromatic nitrogens is 2. The van der Waals surface area contributed by atoms with Crippen LogP contribution in [-0.4, -0.2) is 15.7 Å². The highest BCUT2D eigenvalue weighted by molar-refractivity contribution is 7.10. The summed E-state index contributed by atoms with van der Waals surface area (Å²) in [6, 6.07) is 1.78. The molecule has 2 aliphatic carbocycles. The Balaban J connectivity index is 2.06. The van der Waals surface area contributed by atoms with Crippen molar-refractivity contribution in [3.63, 3.8) is 0 Å². The van der Waals surface area contributed by atoms with Crippen molar-refractivity contribution >= 4 is 22.6 Å². The van der Waals surface area contributed by atoms with E-state index in [1.165, 1.54) is 11.3 Å². The van der Waals surface area contributed by atoms with Crippen LogP contribution in [0.1, 0.15) is 55.1 Å². The van der Waals surface area contributed by atoms with Crippen molar-refractivity contribution in [2.45, 2.75) is 50.9 Å². The minimum absolute atomic E-state index is 0.0368. The van der Waals surface area contributed by atoms with E-state index >= 15 is 4.39 Å². The fourth-order valence-electron chi connectivity index (χ4n) is 3.76. The van der Waals surface area contributed by atoms with Crippen molar-refractivity contribution < 1.29 is 4.39 Å². The normalized spacial score (nSPS) is 23.8. The molecule has 8 heteroatoms. The summed E-state index contributed by atoms with van der Waals surface area (Å²) in [5.41, 5.74) is 12.2. The first kappa shape index (κ1) is 17.2. The molecule has 1 fully saturated rings. The fourth-order valence-corrected chi connectivity index (χ4v) is 4.66. The standard InChI is InChI=1S/C18H21FN4O2S/c1-7-12(9-5-11(8(2)20)26-6-9)14(19)15(21)13-16(7)23(10-3-4-10)18(25)22-17(13)24/h5-6,8,10,12,14H,3-4,20-21H2,1-2H3,(H,22,24,25). The van der Waals surface area contributed by atoms with Crippen molar-refractivity contribution in [1.29, 1.82) is 0 Å². The maximum Gasteiger partial charge on any atom is 0.329 e. The lowest BCUT2D eigenvalue weighted by Crippen LogP contribution is -2.59. The Hall–Kier alpha value is -2.19. The summed E-state index contributed by atoms with van der Waals surface area (Å²) in [5.74, 6) is -0.627. The Morgan fingerprint density at radius 2 is 2.08 bits per heavy atom. The number of rotatable bonds is 3. The van der Waals surface area contributed by atoms with Gasteiger partial charge in [0.15, 0.2) is 6.17 Å². The van der Waals surface area contributed by atoms with Gasteiger partial charge in [-0.2, -0.15) is 0 Å². The second-order valence-corrected chi connectivity index (χ2v) is 8.12. The molecule has 3 atom stereocenters. The molecule has 5 N–H and O–H groups in total. The Kier molecular flexibility index (Phi) is 3.92. The number of hydrogen-bond donors (Lipinski definition) is 3. The minimum atomic E-state index is -1.52. The predicted molar refractivity (Wildman–Crippen MR) is 100 cm³/mol. The number of hydrogen-bond acceptors (Lipinski definition) is 5. The number of halogens is 1. The van der Waals surface area contributed by atoms with Crippen molar-refractivity contribution in [2.24, 2.45) is 11.5 Å². The van der Waals surface area contributed by atoms with Crippen LogP contribution in [0.2, 0.25) is 0 Å². The monoisotopic (exact) mass is 376 g/mol. The number of nitrogens with one attached hydrogen (secondary N) is 1. The molecule has 138 valence electrons. The summed E-state index contributed by atoms with van der Waals surface area (Å²) >= 11 is 1.48. The molecular formula is C18H21FN4O2S. The summed E-state index contributed by atoms with van der Waals surface area (Å²) in [5, 5.41) is 2.45. The molecule has 1 saturated carbocycles. The molecular weight excluding hydrogens is 355 g/mol. The first-order valence-corrected chi connectivity index (χ1v) is 9.52. The molecule has 0 bridgehead atoms.